The summed E-state index contributed by atoms with van der Waals surface area (Å²) in [5.74, 6) is 0.408. The Bertz CT molecular complexity index is 692. The van der Waals surface area contributed by atoms with Crippen LogP contribution in [-0.4, -0.2) is 8.42 Å². The van der Waals surface area contributed by atoms with Gasteiger partial charge in [-0.2, -0.15) is 0 Å². The second-order valence-electron chi connectivity index (χ2n) is 4.92. The summed E-state index contributed by atoms with van der Waals surface area (Å²) in [5.41, 5.74) is 7.63. The van der Waals surface area contributed by atoms with E-state index in [1.54, 1.807) is 30.3 Å². The molecular weight excluding hydrogens is 272 g/mol. The fourth-order valence-electron chi connectivity index (χ4n) is 1.87. The van der Waals surface area contributed by atoms with Crippen LogP contribution in [0.1, 0.15) is 25.3 Å². The SMILES string of the molecule is CC(C)c1ccc(NS(=O)(=O)c2ccccc2N)cc1. The Morgan fingerprint density at radius 1 is 1.00 bits per heavy atom. The number of nitrogen functional groups attached to an aromatic ring is 1. The van der Waals surface area contributed by atoms with Crippen molar-refractivity contribution >= 4 is 21.4 Å². The molecule has 0 aliphatic rings. The first-order chi connectivity index (χ1) is 9.40. The number of hydrogen-bond acceptors (Lipinski definition) is 3. The Labute approximate surface area is 119 Å². The van der Waals surface area contributed by atoms with Crippen molar-refractivity contribution in [1.29, 1.82) is 0 Å². The molecule has 0 fully saturated rings. The van der Waals surface area contributed by atoms with Gasteiger partial charge in [-0.3, -0.25) is 4.72 Å². The molecule has 0 aromatic heterocycles. The summed E-state index contributed by atoms with van der Waals surface area (Å²) in [7, 11) is -3.65. The second kappa shape index (κ2) is 5.54. The van der Waals surface area contributed by atoms with Crippen LogP contribution in [-0.2, 0) is 10.0 Å². The van der Waals surface area contributed by atoms with Crippen LogP contribution >= 0.6 is 0 Å². The average Bonchev–Trinajstić information content (AvgIpc) is 2.39. The Balaban J connectivity index is 2.27. The molecule has 0 saturated heterocycles. The fraction of sp³-hybridized carbons (Fsp3) is 0.200. The number of nitrogens with one attached hydrogen (secondary N) is 1. The maximum absolute atomic E-state index is 12.3. The zero-order valence-corrected chi connectivity index (χ0v) is 12.3. The molecule has 0 bridgehead atoms. The van der Waals surface area contributed by atoms with Gasteiger partial charge in [-0.1, -0.05) is 38.1 Å². The molecule has 20 heavy (non-hydrogen) atoms. The highest BCUT2D eigenvalue weighted by molar-refractivity contribution is 7.92. The van der Waals surface area contributed by atoms with Gasteiger partial charge >= 0.3 is 0 Å². The lowest BCUT2D eigenvalue weighted by atomic mass is 10.0. The van der Waals surface area contributed by atoms with Gasteiger partial charge in [-0.05, 0) is 35.7 Å². The zero-order chi connectivity index (χ0) is 14.8. The van der Waals surface area contributed by atoms with Crippen molar-refractivity contribution in [3.05, 3.63) is 54.1 Å². The minimum Gasteiger partial charge on any atom is -0.398 e. The maximum Gasteiger partial charge on any atom is 0.263 e. The predicted molar refractivity (Wildman–Crippen MR) is 82.2 cm³/mol. The zero-order valence-electron chi connectivity index (χ0n) is 11.5. The lowest BCUT2D eigenvalue weighted by Crippen LogP contribution is -2.14. The first kappa shape index (κ1) is 14.4. The molecule has 3 N–H and O–H groups in total. The van der Waals surface area contributed by atoms with Gasteiger partial charge in [0, 0.05) is 5.69 Å². The van der Waals surface area contributed by atoms with Crippen LogP contribution in [0.15, 0.2) is 53.4 Å². The molecule has 0 saturated carbocycles. The van der Waals surface area contributed by atoms with E-state index in [9.17, 15) is 8.42 Å². The molecule has 2 aromatic rings. The van der Waals surface area contributed by atoms with Gasteiger partial charge in [-0.15, -0.1) is 0 Å². The van der Waals surface area contributed by atoms with Crippen LogP contribution in [0.3, 0.4) is 0 Å². The Hall–Kier alpha value is -2.01. The van der Waals surface area contributed by atoms with Gasteiger partial charge in [-0.25, -0.2) is 8.42 Å². The van der Waals surface area contributed by atoms with Gasteiger partial charge < -0.3 is 5.73 Å². The van der Waals surface area contributed by atoms with E-state index in [0.717, 1.165) is 5.56 Å². The van der Waals surface area contributed by atoms with E-state index in [2.05, 4.69) is 18.6 Å². The summed E-state index contributed by atoms with van der Waals surface area (Å²) >= 11 is 0. The number of hydrogen-bond donors (Lipinski definition) is 2. The summed E-state index contributed by atoms with van der Waals surface area (Å²) in [6, 6.07) is 13.7. The Kier molecular flexibility index (Phi) is 3.99. The number of benzene rings is 2. The molecule has 106 valence electrons. The lowest BCUT2D eigenvalue weighted by Gasteiger charge is -2.11. The van der Waals surface area contributed by atoms with Crippen LogP contribution < -0.4 is 10.5 Å². The minimum absolute atomic E-state index is 0.0907. The topological polar surface area (TPSA) is 72.2 Å². The molecule has 0 aliphatic heterocycles. The van der Waals surface area contributed by atoms with Gasteiger partial charge in [0.1, 0.15) is 4.90 Å². The standard InChI is InChI=1S/C15H18N2O2S/c1-11(2)12-7-9-13(10-8-12)17-20(18,19)15-6-4-3-5-14(15)16/h3-11,17H,16H2,1-2H3. The predicted octanol–water partition coefficient (Wildman–Crippen LogP) is 3.19. The number of rotatable bonds is 4. The first-order valence-corrected chi connectivity index (χ1v) is 7.86. The molecule has 0 heterocycles. The van der Waals surface area contributed by atoms with E-state index in [4.69, 9.17) is 5.73 Å². The highest BCUT2D eigenvalue weighted by atomic mass is 32.2. The van der Waals surface area contributed by atoms with Gasteiger partial charge in [0.2, 0.25) is 0 Å². The van der Waals surface area contributed by atoms with Crippen molar-refractivity contribution in [2.24, 2.45) is 0 Å². The van der Waals surface area contributed by atoms with Crippen LogP contribution in [0.2, 0.25) is 0 Å². The van der Waals surface area contributed by atoms with Crippen LogP contribution in [0.4, 0.5) is 11.4 Å². The summed E-state index contributed by atoms with van der Waals surface area (Å²) in [4.78, 5) is 0.0907. The van der Waals surface area contributed by atoms with E-state index in [1.807, 2.05) is 12.1 Å². The number of nitrogens with two attached hydrogens (primary N) is 1. The Morgan fingerprint density at radius 2 is 1.60 bits per heavy atom. The van der Waals surface area contributed by atoms with Gasteiger partial charge in [0.25, 0.3) is 10.0 Å². The van der Waals surface area contributed by atoms with Crippen molar-refractivity contribution in [2.45, 2.75) is 24.7 Å². The highest BCUT2D eigenvalue weighted by Crippen LogP contribution is 2.22. The second-order valence-corrected chi connectivity index (χ2v) is 6.57. The van der Waals surface area contributed by atoms with Crippen LogP contribution in [0, 0.1) is 0 Å². The molecule has 0 radical (unpaired) electrons. The molecule has 5 heteroatoms. The van der Waals surface area contributed by atoms with Crippen molar-refractivity contribution in [3.8, 4) is 0 Å². The maximum atomic E-state index is 12.3. The summed E-state index contributed by atoms with van der Waals surface area (Å²) < 4.78 is 27.0. The van der Waals surface area contributed by atoms with Crippen LogP contribution in [0.5, 0.6) is 0 Å². The smallest absolute Gasteiger partial charge is 0.263 e. The Morgan fingerprint density at radius 3 is 2.15 bits per heavy atom. The third-order valence-electron chi connectivity index (χ3n) is 3.04. The number of sulfonamides is 1. The third-order valence-corrected chi connectivity index (χ3v) is 4.49. The largest absolute Gasteiger partial charge is 0.398 e. The molecular formula is C15H18N2O2S. The van der Waals surface area contributed by atoms with Gasteiger partial charge in [0.05, 0.1) is 5.69 Å². The van der Waals surface area contributed by atoms with E-state index < -0.39 is 10.0 Å². The molecule has 0 spiro atoms. The van der Waals surface area contributed by atoms with Crippen LogP contribution in [0.25, 0.3) is 0 Å². The number of para-hydroxylation sites is 1. The molecule has 4 nitrogen and oxygen atoms in total. The fourth-order valence-corrected chi connectivity index (χ4v) is 3.06. The van der Waals surface area contributed by atoms with E-state index in [0.29, 0.717) is 11.6 Å². The normalized spacial score (nSPS) is 11.6. The quantitative estimate of drug-likeness (QED) is 0.849. The first-order valence-electron chi connectivity index (χ1n) is 6.37. The average molecular weight is 290 g/mol. The minimum atomic E-state index is -3.65. The third kappa shape index (κ3) is 3.11. The molecule has 0 atom stereocenters. The van der Waals surface area contributed by atoms with E-state index in [-0.39, 0.29) is 10.6 Å². The van der Waals surface area contributed by atoms with E-state index in [1.165, 1.54) is 6.07 Å². The molecule has 0 amide bonds. The van der Waals surface area contributed by atoms with Crippen molar-refractivity contribution in [3.63, 3.8) is 0 Å². The molecule has 2 aromatic carbocycles. The molecule has 0 aliphatic carbocycles. The van der Waals surface area contributed by atoms with Crippen molar-refractivity contribution in [1.82, 2.24) is 0 Å². The highest BCUT2D eigenvalue weighted by Gasteiger charge is 2.16. The summed E-state index contributed by atoms with van der Waals surface area (Å²) in [6.45, 7) is 4.17. The van der Waals surface area contributed by atoms with Crippen molar-refractivity contribution in [2.75, 3.05) is 10.5 Å². The molecule has 2 rings (SSSR count). The number of anilines is 2. The summed E-state index contributed by atoms with van der Waals surface area (Å²) in [5, 5.41) is 0. The van der Waals surface area contributed by atoms with Gasteiger partial charge in [0.15, 0.2) is 0 Å². The summed E-state index contributed by atoms with van der Waals surface area (Å²) in [6.07, 6.45) is 0. The van der Waals surface area contributed by atoms with E-state index >= 15 is 0 Å². The lowest BCUT2D eigenvalue weighted by molar-refractivity contribution is 0.601. The van der Waals surface area contributed by atoms with Crippen molar-refractivity contribution < 1.29 is 8.42 Å². The molecule has 0 unspecified atom stereocenters. The monoisotopic (exact) mass is 290 g/mol.